The van der Waals surface area contributed by atoms with E-state index in [2.05, 4.69) is 10.3 Å². The van der Waals surface area contributed by atoms with Gasteiger partial charge in [0.15, 0.2) is 5.01 Å². The lowest BCUT2D eigenvalue weighted by molar-refractivity contribution is 0.0917. The molecule has 120 valence electrons. The van der Waals surface area contributed by atoms with E-state index in [-0.39, 0.29) is 12.5 Å². The van der Waals surface area contributed by atoms with E-state index in [4.69, 9.17) is 0 Å². The molecule has 1 amide bonds. The highest BCUT2D eigenvalue weighted by molar-refractivity contribution is 7.20. The Labute approximate surface area is 146 Å². The van der Waals surface area contributed by atoms with Crippen LogP contribution < -0.4 is 5.32 Å². The zero-order valence-electron chi connectivity index (χ0n) is 12.6. The number of thiophene rings is 1. The number of aliphatic hydroxyl groups is 1. The topological polar surface area (TPSA) is 62.2 Å². The second kappa shape index (κ2) is 6.32. The zero-order chi connectivity index (χ0) is 16.5. The number of hydrogen-bond donors (Lipinski definition) is 2. The molecular formula is C18H14N2O2S2. The number of carbonyl (C=O) groups is 1. The fourth-order valence-electron chi connectivity index (χ4n) is 2.60. The molecule has 0 saturated carbocycles. The molecule has 1 unspecified atom stereocenters. The smallest absolute Gasteiger partial charge is 0.280 e. The maximum atomic E-state index is 12.3. The average Bonchev–Trinajstić information content (AvgIpc) is 3.23. The van der Waals surface area contributed by atoms with E-state index in [0.29, 0.717) is 5.01 Å². The summed E-state index contributed by atoms with van der Waals surface area (Å²) >= 11 is 2.95. The van der Waals surface area contributed by atoms with Gasteiger partial charge in [-0.05, 0) is 29.0 Å². The molecule has 0 aliphatic carbocycles. The third-order valence-corrected chi connectivity index (χ3v) is 5.83. The van der Waals surface area contributed by atoms with E-state index >= 15 is 0 Å². The monoisotopic (exact) mass is 354 g/mol. The summed E-state index contributed by atoms with van der Waals surface area (Å²) in [5.41, 5.74) is 1.66. The van der Waals surface area contributed by atoms with Crippen LogP contribution in [0.25, 0.3) is 20.3 Å². The molecule has 0 aliphatic rings. The van der Waals surface area contributed by atoms with Crippen LogP contribution in [0.2, 0.25) is 0 Å². The van der Waals surface area contributed by atoms with Gasteiger partial charge >= 0.3 is 0 Å². The van der Waals surface area contributed by atoms with Gasteiger partial charge in [-0.3, -0.25) is 4.79 Å². The number of aliphatic hydroxyl groups excluding tert-OH is 1. The molecule has 0 radical (unpaired) electrons. The van der Waals surface area contributed by atoms with Crippen LogP contribution in [0.1, 0.15) is 21.5 Å². The highest BCUT2D eigenvalue weighted by atomic mass is 32.1. The van der Waals surface area contributed by atoms with Crippen LogP contribution in [0.5, 0.6) is 0 Å². The number of para-hydroxylation sites is 1. The molecular weight excluding hydrogens is 340 g/mol. The molecule has 4 nitrogen and oxygen atoms in total. The number of hydrogen-bond acceptors (Lipinski definition) is 5. The number of amides is 1. The molecule has 1 atom stereocenters. The van der Waals surface area contributed by atoms with Gasteiger partial charge in [-0.25, -0.2) is 4.98 Å². The molecule has 0 aliphatic heterocycles. The number of carbonyl (C=O) groups excluding carboxylic acids is 1. The number of aromatic nitrogens is 1. The molecule has 0 spiro atoms. The van der Waals surface area contributed by atoms with Crippen molar-refractivity contribution in [2.45, 2.75) is 6.10 Å². The van der Waals surface area contributed by atoms with Crippen molar-refractivity contribution in [2.75, 3.05) is 6.54 Å². The summed E-state index contributed by atoms with van der Waals surface area (Å²) in [6, 6.07) is 15.6. The molecule has 2 aromatic carbocycles. The first-order valence-corrected chi connectivity index (χ1v) is 9.20. The molecule has 2 heterocycles. The van der Waals surface area contributed by atoms with Crippen molar-refractivity contribution in [3.63, 3.8) is 0 Å². The Balaban J connectivity index is 1.48. The predicted molar refractivity (Wildman–Crippen MR) is 98.7 cm³/mol. The van der Waals surface area contributed by atoms with Crippen LogP contribution >= 0.6 is 22.7 Å². The van der Waals surface area contributed by atoms with Gasteiger partial charge in [-0.15, -0.1) is 22.7 Å². The Morgan fingerprint density at radius 2 is 1.88 bits per heavy atom. The van der Waals surface area contributed by atoms with Crippen molar-refractivity contribution in [1.29, 1.82) is 0 Å². The fraction of sp³-hybridized carbons (Fsp3) is 0.111. The van der Waals surface area contributed by atoms with E-state index in [1.165, 1.54) is 11.3 Å². The third-order valence-electron chi connectivity index (χ3n) is 3.81. The first kappa shape index (κ1) is 15.3. The first-order valence-electron chi connectivity index (χ1n) is 7.50. The first-order chi connectivity index (χ1) is 11.7. The minimum Gasteiger partial charge on any atom is -0.387 e. The Morgan fingerprint density at radius 3 is 2.71 bits per heavy atom. The number of nitrogens with one attached hydrogen (secondary N) is 1. The summed E-state index contributed by atoms with van der Waals surface area (Å²) in [4.78, 5) is 16.6. The van der Waals surface area contributed by atoms with E-state index in [1.807, 2.05) is 53.9 Å². The SMILES string of the molecule is O=C(NCC(O)c1csc2ccccc12)c1nc2ccccc2s1. The standard InChI is InChI=1S/C18H14N2O2S2/c21-14(12-10-23-15-7-3-1-5-11(12)15)9-19-17(22)18-20-13-6-2-4-8-16(13)24-18/h1-8,10,14,21H,9H2,(H,19,22). The van der Waals surface area contributed by atoms with Gasteiger partial charge < -0.3 is 10.4 Å². The summed E-state index contributed by atoms with van der Waals surface area (Å²) in [5.74, 6) is -0.255. The second-order valence-electron chi connectivity index (χ2n) is 5.40. The molecule has 4 rings (SSSR count). The Hall–Kier alpha value is -2.28. The number of rotatable bonds is 4. The van der Waals surface area contributed by atoms with E-state index in [1.54, 1.807) is 11.3 Å². The van der Waals surface area contributed by atoms with Crippen LogP contribution in [-0.2, 0) is 0 Å². The van der Waals surface area contributed by atoms with Gasteiger partial charge in [0.1, 0.15) is 0 Å². The van der Waals surface area contributed by atoms with Gasteiger partial charge in [-0.1, -0.05) is 30.3 Å². The third kappa shape index (κ3) is 2.80. The number of benzene rings is 2. The number of fused-ring (bicyclic) bond motifs is 2. The van der Waals surface area contributed by atoms with Crippen LogP contribution in [-0.4, -0.2) is 22.5 Å². The molecule has 0 bridgehead atoms. The molecule has 4 aromatic rings. The molecule has 2 N–H and O–H groups in total. The lowest BCUT2D eigenvalue weighted by atomic mass is 10.1. The minimum absolute atomic E-state index is 0.162. The quantitative estimate of drug-likeness (QED) is 0.583. The second-order valence-corrected chi connectivity index (χ2v) is 7.34. The lowest BCUT2D eigenvalue weighted by Gasteiger charge is -2.10. The summed E-state index contributed by atoms with van der Waals surface area (Å²) < 4.78 is 2.11. The van der Waals surface area contributed by atoms with E-state index in [9.17, 15) is 9.90 Å². The van der Waals surface area contributed by atoms with E-state index in [0.717, 1.165) is 25.9 Å². The molecule has 0 fully saturated rings. The molecule has 2 aromatic heterocycles. The van der Waals surface area contributed by atoms with Crippen molar-refractivity contribution < 1.29 is 9.90 Å². The normalized spacial score (nSPS) is 12.5. The maximum absolute atomic E-state index is 12.3. The Bertz CT molecular complexity index is 989. The van der Waals surface area contributed by atoms with Gasteiger partial charge in [0.2, 0.25) is 0 Å². The van der Waals surface area contributed by atoms with Crippen LogP contribution in [0.15, 0.2) is 53.9 Å². The van der Waals surface area contributed by atoms with Crippen LogP contribution in [0, 0.1) is 0 Å². The van der Waals surface area contributed by atoms with Gasteiger partial charge in [-0.2, -0.15) is 0 Å². The molecule has 0 saturated heterocycles. The van der Waals surface area contributed by atoms with Crippen LogP contribution in [0.3, 0.4) is 0 Å². The summed E-state index contributed by atoms with van der Waals surface area (Å²) in [7, 11) is 0. The Morgan fingerprint density at radius 1 is 1.12 bits per heavy atom. The summed E-state index contributed by atoms with van der Waals surface area (Å²) in [5, 5.41) is 16.6. The fourth-order valence-corrected chi connectivity index (χ4v) is 4.49. The number of nitrogens with zero attached hydrogens (tertiary/aromatic N) is 1. The molecule has 24 heavy (non-hydrogen) atoms. The molecule has 6 heteroatoms. The van der Waals surface area contributed by atoms with Crippen molar-refractivity contribution in [2.24, 2.45) is 0 Å². The highest BCUT2D eigenvalue weighted by Gasteiger charge is 2.16. The van der Waals surface area contributed by atoms with Crippen LogP contribution in [0.4, 0.5) is 0 Å². The van der Waals surface area contributed by atoms with Gasteiger partial charge in [0.25, 0.3) is 5.91 Å². The lowest BCUT2D eigenvalue weighted by Crippen LogP contribution is -2.28. The highest BCUT2D eigenvalue weighted by Crippen LogP contribution is 2.30. The number of thiazole rings is 1. The van der Waals surface area contributed by atoms with Gasteiger partial charge in [0.05, 0.1) is 16.3 Å². The van der Waals surface area contributed by atoms with Crippen molar-refractivity contribution in [3.8, 4) is 0 Å². The van der Waals surface area contributed by atoms with Crippen molar-refractivity contribution in [3.05, 3.63) is 64.5 Å². The van der Waals surface area contributed by atoms with E-state index < -0.39 is 6.10 Å². The largest absolute Gasteiger partial charge is 0.387 e. The van der Waals surface area contributed by atoms with Crippen molar-refractivity contribution >= 4 is 48.9 Å². The zero-order valence-corrected chi connectivity index (χ0v) is 14.2. The predicted octanol–water partition coefficient (Wildman–Crippen LogP) is 3.97. The Kier molecular flexibility index (Phi) is 4.02. The summed E-state index contributed by atoms with van der Waals surface area (Å²) in [6.07, 6.45) is -0.737. The minimum atomic E-state index is -0.737. The van der Waals surface area contributed by atoms with Crippen molar-refractivity contribution in [1.82, 2.24) is 10.3 Å². The van der Waals surface area contributed by atoms with Gasteiger partial charge in [0, 0.05) is 16.8 Å². The maximum Gasteiger partial charge on any atom is 0.280 e. The summed E-state index contributed by atoms with van der Waals surface area (Å²) in [6.45, 7) is 0.162. The average molecular weight is 354 g/mol.